The molecule has 0 amide bonds. The van der Waals surface area contributed by atoms with Crippen LogP contribution in [0.5, 0.6) is 0 Å². The number of carboxylic acids is 1. The number of carboxylic acid groups (broad SMARTS) is 1. The monoisotopic (exact) mass is 208 g/mol. The summed E-state index contributed by atoms with van der Waals surface area (Å²) in [6.07, 6.45) is 0. The highest BCUT2D eigenvalue weighted by Gasteiger charge is 2.18. The van der Waals surface area contributed by atoms with E-state index in [9.17, 15) is 4.79 Å². The van der Waals surface area contributed by atoms with Crippen molar-refractivity contribution >= 4 is 11.7 Å². The van der Waals surface area contributed by atoms with Gasteiger partial charge in [-0.2, -0.15) is 0 Å². The van der Waals surface area contributed by atoms with Gasteiger partial charge in [-0.3, -0.25) is 4.79 Å². The molecule has 0 aliphatic heterocycles. The molecule has 4 nitrogen and oxygen atoms in total. The van der Waals surface area contributed by atoms with Gasteiger partial charge < -0.3 is 15.7 Å². The maximum absolute atomic E-state index is 10.8. The number of aliphatic carboxylic acids is 1. The molecule has 0 radical (unpaired) electrons. The maximum atomic E-state index is 10.8. The van der Waals surface area contributed by atoms with Gasteiger partial charge in [0, 0.05) is 25.3 Å². The molecule has 0 saturated carbocycles. The lowest BCUT2D eigenvalue weighted by molar-refractivity contribution is -0.138. The van der Waals surface area contributed by atoms with Gasteiger partial charge in [-0.25, -0.2) is 0 Å². The molecule has 3 N–H and O–H groups in total. The van der Waals surface area contributed by atoms with E-state index in [2.05, 4.69) is 0 Å². The summed E-state index contributed by atoms with van der Waals surface area (Å²) < 4.78 is 0. The van der Waals surface area contributed by atoms with Crippen molar-refractivity contribution in [2.45, 2.75) is 13.0 Å². The zero-order valence-corrected chi connectivity index (χ0v) is 9.19. The Kier molecular flexibility index (Phi) is 3.31. The van der Waals surface area contributed by atoms with E-state index in [1.807, 2.05) is 38.1 Å². The summed E-state index contributed by atoms with van der Waals surface area (Å²) in [5, 5.41) is 8.87. The zero-order chi connectivity index (χ0) is 11.6. The molecule has 15 heavy (non-hydrogen) atoms. The maximum Gasteiger partial charge on any atom is 0.325 e. The molecule has 0 heterocycles. The Bertz CT molecular complexity index is 375. The van der Waals surface area contributed by atoms with Gasteiger partial charge in [-0.1, -0.05) is 12.1 Å². The summed E-state index contributed by atoms with van der Waals surface area (Å²) in [4.78, 5) is 12.7. The van der Waals surface area contributed by atoms with Gasteiger partial charge in [0.2, 0.25) is 0 Å². The number of nitrogens with zero attached hydrogens (tertiary/aromatic N) is 1. The number of aryl methyl sites for hydroxylation is 1. The molecular weight excluding hydrogens is 192 g/mol. The van der Waals surface area contributed by atoms with E-state index in [1.165, 1.54) is 0 Å². The first kappa shape index (κ1) is 11.5. The van der Waals surface area contributed by atoms with E-state index in [0.29, 0.717) is 5.56 Å². The van der Waals surface area contributed by atoms with Crippen molar-refractivity contribution < 1.29 is 9.90 Å². The molecular formula is C11H16N2O2. The smallest absolute Gasteiger partial charge is 0.325 e. The van der Waals surface area contributed by atoms with Crippen molar-refractivity contribution in [3.05, 3.63) is 29.3 Å². The highest BCUT2D eigenvalue weighted by molar-refractivity contribution is 5.78. The molecule has 0 spiro atoms. The summed E-state index contributed by atoms with van der Waals surface area (Å²) in [5.74, 6) is -1.01. The first-order chi connectivity index (χ1) is 6.93. The van der Waals surface area contributed by atoms with Gasteiger partial charge in [0.15, 0.2) is 0 Å². The third kappa shape index (κ3) is 2.47. The van der Waals surface area contributed by atoms with Gasteiger partial charge in [0.05, 0.1) is 0 Å². The normalized spacial score (nSPS) is 12.3. The van der Waals surface area contributed by atoms with E-state index in [1.54, 1.807) is 6.07 Å². The highest BCUT2D eigenvalue weighted by Crippen LogP contribution is 2.25. The third-order valence-electron chi connectivity index (χ3n) is 2.27. The molecule has 0 aliphatic rings. The van der Waals surface area contributed by atoms with E-state index in [4.69, 9.17) is 10.8 Å². The second-order valence-electron chi connectivity index (χ2n) is 3.77. The lowest BCUT2D eigenvalue weighted by Crippen LogP contribution is -2.24. The van der Waals surface area contributed by atoms with Crippen molar-refractivity contribution in [3.63, 3.8) is 0 Å². The average Bonchev–Trinajstić information content (AvgIpc) is 2.16. The fraction of sp³-hybridized carbons (Fsp3) is 0.364. The molecule has 1 unspecified atom stereocenters. The number of carbonyl (C=O) groups is 1. The second-order valence-corrected chi connectivity index (χ2v) is 3.77. The van der Waals surface area contributed by atoms with Crippen LogP contribution in [0.25, 0.3) is 0 Å². The molecule has 0 saturated heterocycles. The van der Waals surface area contributed by atoms with Crippen LogP contribution in [0.15, 0.2) is 18.2 Å². The second kappa shape index (κ2) is 4.31. The molecule has 0 fully saturated rings. The summed E-state index contributed by atoms with van der Waals surface area (Å²) in [5.41, 5.74) is 8.17. The van der Waals surface area contributed by atoms with Gasteiger partial charge in [-0.15, -0.1) is 0 Å². The van der Waals surface area contributed by atoms with E-state index in [0.717, 1.165) is 11.3 Å². The molecule has 1 rings (SSSR count). The number of nitrogens with two attached hydrogens (primary N) is 1. The fourth-order valence-corrected chi connectivity index (χ4v) is 1.44. The van der Waals surface area contributed by atoms with Crippen molar-refractivity contribution in [1.82, 2.24) is 0 Å². The Morgan fingerprint density at radius 2 is 2.07 bits per heavy atom. The van der Waals surface area contributed by atoms with Crippen LogP contribution in [0.3, 0.4) is 0 Å². The summed E-state index contributed by atoms with van der Waals surface area (Å²) in [7, 11) is 3.74. The number of hydrogen-bond acceptors (Lipinski definition) is 3. The largest absolute Gasteiger partial charge is 0.480 e. The number of hydrogen-bond donors (Lipinski definition) is 2. The molecule has 1 atom stereocenters. The van der Waals surface area contributed by atoms with Crippen LogP contribution in [0.4, 0.5) is 5.69 Å². The van der Waals surface area contributed by atoms with Crippen LogP contribution in [-0.2, 0) is 4.79 Å². The minimum atomic E-state index is -1.01. The molecule has 4 heteroatoms. The van der Waals surface area contributed by atoms with E-state index in [-0.39, 0.29) is 0 Å². The summed E-state index contributed by atoms with van der Waals surface area (Å²) >= 11 is 0. The van der Waals surface area contributed by atoms with Crippen LogP contribution >= 0.6 is 0 Å². The molecule has 0 aromatic heterocycles. The van der Waals surface area contributed by atoms with Crippen molar-refractivity contribution in [3.8, 4) is 0 Å². The lowest BCUT2D eigenvalue weighted by Gasteiger charge is -2.20. The van der Waals surface area contributed by atoms with Crippen LogP contribution in [0, 0.1) is 6.92 Å². The Labute approximate surface area is 89.3 Å². The zero-order valence-electron chi connectivity index (χ0n) is 9.19. The Morgan fingerprint density at radius 1 is 1.47 bits per heavy atom. The summed E-state index contributed by atoms with van der Waals surface area (Å²) in [6.45, 7) is 1.96. The predicted molar refractivity (Wildman–Crippen MR) is 60.1 cm³/mol. The van der Waals surface area contributed by atoms with Crippen LogP contribution in [0.2, 0.25) is 0 Å². The SMILES string of the molecule is Cc1ccc(C(N)C(=O)O)c(N(C)C)c1. The minimum absolute atomic E-state index is 0.637. The third-order valence-corrected chi connectivity index (χ3v) is 2.27. The van der Waals surface area contributed by atoms with Gasteiger partial charge >= 0.3 is 5.97 Å². The first-order valence-corrected chi connectivity index (χ1v) is 4.69. The lowest BCUT2D eigenvalue weighted by atomic mass is 10.0. The number of anilines is 1. The number of rotatable bonds is 3. The summed E-state index contributed by atoms with van der Waals surface area (Å²) in [6, 6.07) is 4.59. The quantitative estimate of drug-likeness (QED) is 0.781. The van der Waals surface area contributed by atoms with Gasteiger partial charge in [0.25, 0.3) is 0 Å². The van der Waals surface area contributed by atoms with Crippen LogP contribution < -0.4 is 10.6 Å². The van der Waals surface area contributed by atoms with E-state index < -0.39 is 12.0 Å². The van der Waals surface area contributed by atoms with Crippen molar-refractivity contribution in [2.24, 2.45) is 5.73 Å². The molecule has 1 aromatic carbocycles. The van der Waals surface area contributed by atoms with Gasteiger partial charge in [0.1, 0.15) is 6.04 Å². The van der Waals surface area contributed by atoms with E-state index >= 15 is 0 Å². The van der Waals surface area contributed by atoms with Crippen molar-refractivity contribution in [1.29, 1.82) is 0 Å². The van der Waals surface area contributed by atoms with Crippen molar-refractivity contribution in [2.75, 3.05) is 19.0 Å². The topological polar surface area (TPSA) is 66.6 Å². The highest BCUT2D eigenvalue weighted by atomic mass is 16.4. The predicted octanol–water partition coefficient (Wildman–Crippen LogP) is 1.15. The van der Waals surface area contributed by atoms with Crippen LogP contribution in [-0.4, -0.2) is 25.2 Å². The number of benzene rings is 1. The van der Waals surface area contributed by atoms with Crippen LogP contribution in [0.1, 0.15) is 17.2 Å². The standard InChI is InChI=1S/C11H16N2O2/c1-7-4-5-8(10(12)11(14)15)9(6-7)13(2)3/h4-6,10H,12H2,1-3H3,(H,14,15). The molecule has 0 aliphatic carbocycles. The average molecular weight is 208 g/mol. The molecule has 1 aromatic rings. The van der Waals surface area contributed by atoms with Gasteiger partial charge in [-0.05, 0) is 18.6 Å². The molecule has 0 bridgehead atoms. The Balaban J connectivity index is 3.22. The minimum Gasteiger partial charge on any atom is -0.480 e. The first-order valence-electron chi connectivity index (χ1n) is 4.69. The Hall–Kier alpha value is -1.55. The fourth-order valence-electron chi connectivity index (χ4n) is 1.44. The Morgan fingerprint density at radius 3 is 2.53 bits per heavy atom. The molecule has 82 valence electrons.